The number of aliphatic hydroxyl groups is 1. The molecule has 1 aliphatic rings. The Hall–Kier alpha value is -0.770. The van der Waals surface area contributed by atoms with Gasteiger partial charge in [0, 0.05) is 26.1 Å². The third-order valence-corrected chi connectivity index (χ3v) is 3.72. The second kappa shape index (κ2) is 7.62. The lowest BCUT2D eigenvalue weighted by atomic mass is 9.86. The zero-order valence-electron chi connectivity index (χ0n) is 12.0. The number of aliphatic hydroxyl groups excluding tert-OH is 1. The van der Waals surface area contributed by atoms with Crippen LogP contribution in [0.2, 0.25) is 0 Å². The zero-order chi connectivity index (χ0) is 13.5. The van der Waals surface area contributed by atoms with Crippen LogP contribution >= 0.6 is 0 Å². The van der Waals surface area contributed by atoms with E-state index in [4.69, 9.17) is 0 Å². The van der Waals surface area contributed by atoms with Crippen molar-refractivity contribution in [2.24, 2.45) is 11.8 Å². The van der Waals surface area contributed by atoms with Crippen molar-refractivity contribution in [2.75, 3.05) is 20.1 Å². The van der Waals surface area contributed by atoms with Gasteiger partial charge in [-0.25, -0.2) is 4.79 Å². The molecule has 18 heavy (non-hydrogen) atoms. The summed E-state index contributed by atoms with van der Waals surface area (Å²) >= 11 is 0. The highest BCUT2D eigenvalue weighted by molar-refractivity contribution is 5.73. The van der Waals surface area contributed by atoms with Crippen LogP contribution in [0.15, 0.2) is 0 Å². The van der Waals surface area contributed by atoms with Crippen molar-refractivity contribution in [3.05, 3.63) is 0 Å². The summed E-state index contributed by atoms with van der Waals surface area (Å²) in [6, 6.07) is -0.0200. The van der Waals surface area contributed by atoms with Crippen molar-refractivity contribution < 1.29 is 9.90 Å². The molecule has 1 saturated carbocycles. The monoisotopic (exact) mass is 256 g/mol. The summed E-state index contributed by atoms with van der Waals surface area (Å²) in [5.41, 5.74) is 0. The highest BCUT2D eigenvalue weighted by atomic mass is 16.3. The normalized spacial score (nSPS) is 24.1. The van der Waals surface area contributed by atoms with Crippen molar-refractivity contribution in [1.29, 1.82) is 0 Å². The molecule has 0 aromatic carbocycles. The summed E-state index contributed by atoms with van der Waals surface area (Å²) in [4.78, 5) is 13.5. The van der Waals surface area contributed by atoms with Crippen LogP contribution in [0.3, 0.4) is 0 Å². The third kappa shape index (κ3) is 5.25. The fourth-order valence-corrected chi connectivity index (χ4v) is 2.44. The largest absolute Gasteiger partial charge is 0.393 e. The van der Waals surface area contributed by atoms with E-state index < -0.39 is 0 Å². The summed E-state index contributed by atoms with van der Waals surface area (Å²) < 4.78 is 0. The van der Waals surface area contributed by atoms with Gasteiger partial charge in [0.2, 0.25) is 0 Å². The average Bonchev–Trinajstić information content (AvgIpc) is 2.31. The molecule has 2 amide bonds. The number of urea groups is 1. The van der Waals surface area contributed by atoms with Gasteiger partial charge in [0.25, 0.3) is 0 Å². The molecule has 2 unspecified atom stereocenters. The smallest absolute Gasteiger partial charge is 0.317 e. The fraction of sp³-hybridized carbons (Fsp3) is 0.929. The molecule has 4 heteroatoms. The van der Waals surface area contributed by atoms with Crippen LogP contribution in [-0.4, -0.2) is 42.3 Å². The molecule has 0 aromatic rings. The molecule has 0 spiro atoms. The Morgan fingerprint density at radius 3 is 2.67 bits per heavy atom. The van der Waals surface area contributed by atoms with Crippen molar-refractivity contribution in [3.8, 4) is 0 Å². The Bertz CT molecular complexity index is 256. The third-order valence-electron chi connectivity index (χ3n) is 3.72. The maximum atomic E-state index is 11.8. The number of rotatable bonds is 5. The van der Waals surface area contributed by atoms with E-state index in [1.807, 2.05) is 7.05 Å². The van der Waals surface area contributed by atoms with Gasteiger partial charge in [0.05, 0.1) is 6.10 Å². The highest BCUT2D eigenvalue weighted by Gasteiger charge is 2.25. The summed E-state index contributed by atoms with van der Waals surface area (Å²) in [5, 5.41) is 12.8. The molecular formula is C14H28N2O2. The van der Waals surface area contributed by atoms with Gasteiger partial charge < -0.3 is 15.3 Å². The molecule has 0 radical (unpaired) electrons. The lowest BCUT2D eigenvalue weighted by Gasteiger charge is -2.31. The standard InChI is InChI=1S/C14H28N2O2/c1-11(2)8-9-15-14(18)16(3)10-12-6-4-5-7-13(12)17/h11-13,17H,4-10H2,1-3H3,(H,15,18). The van der Waals surface area contributed by atoms with Gasteiger partial charge in [-0.05, 0) is 25.2 Å². The van der Waals surface area contributed by atoms with Crippen molar-refractivity contribution in [2.45, 2.75) is 52.1 Å². The van der Waals surface area contributed by atoms with E-state index in [-0.39, 0.29) is 18.1 Å². The van der Waals surface area contributed by atoms with Crippen LogP contribution in [0.4, 0.5) is 4.79 Å². The number of nitrogens with one attached hydrogen (secondary N) is 1. The molecule has 0 bridgehead atoms. The first kappa shape index (κ1) is 15.3. The molecule has 0 heterocycles. The van der Waals surface area contributed by atoms with Crippen LogP contribution in [0.5, 0.6) is 0 Å². The van der Waals surface area contributed by atoms with Crippen LogP contribution in [0.1, 0.15) is 46.0 Å². The topological polar surface area (TPSA) is 52.6 Å². The molecule has 1 rings (SSSR count). The first-order valence-electron chi connectivity index (χ1n) is 7.17. The van der Waals surface area contributed by atoms with Crippen LogP contribution in [0, 0.1) is 11.8 Å². The van der Waals surface area contributed by atoms with Crippen molar-refractivity contribution in [1.82, 2.24) is 10.2 Å². The predicted octanol–water partition coefficient (Wildman–Crippen LogP) is 2.23. The lowest BCUT2D eigenvalue weighted by molar-refractivity contribution is 0.0565. The number of carbonyl (C=O) groups excluding carboxylic acids is 1. The molecule has 2 atom stereocenters. The number of nitrogens with zero attached hydrogens (tertiary/aromatic N) is 1. The Balaban J connectivity index is 2.25. The van der Waals surface area contributed by atoms with E-state index in [0.717, 1.165) is 32.2 Å². The number of hydrogen-bond acceptors (Lipinski definition) is 2. The molecule has 1 fully saturated rings. The molecule has 0 aromatic heterocycles. The van der Waals surface area contributed by atoms with Gasteiger partial charge in [0.15, 0.2) is 0 Å². The van der Waals surface area contributed by atoms with E-state index in [1.165, 1.54) is 6.42 Å². The van der Waals surface area contributed by atoms with Crippen molar-refractivity contribution in [3.63, 3.8) is 0 Å². The Morgan fingerprint density at radius 1 is 1.39 bits per heavy atom. The molecular weight excluding hydrogens is 228 g/mol. The number of amides is 2. The van der Waals surface area contributed by atoms with Gasteiger partial charge >= 0.3 is 6.03 Å². The minimum atomic E-state index is -0.232. The summed E-state index contributed by atoms with van der Waals surface area (Å²) in [7, 11) is 1.81. The van der Waals surface area contributed by atoms with Gasteiger partial charge in [-0.1, -0.05) is 26.7 Å². The molecule has 106 valence electrons. The summed E-state index contributed by atoms with van der Waals surface area (Å²) in [6.45, 7) is 5.69. The van der Waals surface area contributed by atoms with Crippen LogP contribution in [0.25, 0.3) is 0 Å². The maximum absolute atomic E-state index is 11.8. The Kier molecular flexibility index (Phi) is 6.47. The van der Waals surface area contributed by atoms with Gasteiger partial charge in [-0.15, -0.1) is 0 Å². The molecule has 2 N–H and O–H groups in total. The summed E-state index contributed by atoms with van der Waals surface area (Å²) in [5.74, 6) is 0.857. The quantitative estimate of drug-likeness (QED) is 0.792. The summed E-state index contributed by atoms with van der Waals surface area (Å²) in [6.07, 6.45) is 4.97. The second-order valence-electron chi connectivity index (χ2n) is 5.91. The molecule has 4 nitrogen and oxygen atoms in total. The molecule has 0 saturated heterocycles. The minimum absolute atomic E-state index is 0.0200. The molecule has 0 aliphatic heterocycles. The average molecular weight is 256 g/mol. The van der Waals surface area contributed by atoms with Crippen molar-refractivity contribution >= 4 is 6.03 Å². The first-order valence-corrected chi connectivity index (χ1v) is 7.17. The highest BCUT2D eigenvalue weighted by Crippen LogP contribution is 2.24. The van der Waals surface area contributed by atoms with Gasteiger partial charge in [-0.2, -0.15) is 0 Å². The van der Waals surface area contributed by atoms with Gasteiger partial charge in [0.1, 0.15) is 0 Å². The maximum Gasteiger partial charge on any atom is 0.317 e. The van der Waals surface area contributed by atoms with E-state index in [0.29, 0.717) is 12.5 Å². The second-order valence-corrected chi connectivity index (χ2v) is 5.91. The first-order chi connectivity index (χ1) is 8.50. The SMILES string of the molecule is CC(C)CCNC(=O)N(C)CC1CCCCC1O. The van der Waals surface area contributed by atoms with E-state index >= 15 is 0 Å². The minimum Gasteiger partial charge on any atom is -0.393 e. The molecule has 1 aliphatic carbocycles. The Labute approximate surface area is 111 Å². The van der Waals surface area contributed by atoms with E-state index in [1.54, 1.807) is 4.90 Å². The Morgan fingerprint density at radius 2 is 2.06 bits per heavy atom. The van der Waals surface area contributed by atoms with Gasteiger partial charge in [-0.3, -0.25) is 0 Å². The zero-order valence-corrected chi connectivity index (χ0v) is 12.0. The van der Waals surface area contributed by atoms with Crippen LogP contribution in [-0.2, 0) is 0 Å². The number of carbonyl (C=O) groups is 1. The van der Waals surface area contributed by atoms with Crippen LogP contribution < -0.4 is 5.32 Å². The number of hydrogen-bond donors (Lipinski definition) is 2. The lowest BCUT2D eigenvalue weighted by Crippen LogP contribution is -2.43. The van der Waals surface area contributed by atoms with E-state index in [2.05, 4.69) is 19.2 Å². The van der Waals surface area contributed by atoms with E-state index in [9.17, 15) is 9.90 Å². The fourth-order valence-electron chi connectivity index (χ4n) is 2.44. The predicted molar refractivity (Wildman–Crippen MR) is 73.4 cm³/mol.